The zero-order chi connectivity index (χ0) is 14.8. The molecule has 1 saturated heterocycles. The summed E-state index contributed by atoms with van der Waals surface area (Å²) in [6, 6.07) is 4.46. The molecule has 7 heteroatoms. The molecule has 20 heavy (non-hydrogen) atoms. The molecule has 5 nitrogen and oxygen atoms in total. The molecule has 1 aromatic carbocycles. The van der Waals surface area contributed by atoms with Gasteiger partial charge in [0.25, 0.3) is 0 Å². The normalized spacial score (nSPS) is 18.1. The summed E-state index contributed by atoms with van der Waals surface area (Å²) >= 11 is 0. The van der Waals surface area contributed by atoms with Gasteiger partial charge in [0, 0.05) is 13.1 Å². The van der Waals surface area contributed by atoms with Crippen LogP contribution in [0.15, 0.2) is 18.2 Å². The van der Waals surface area contributed by atoms with E-state index in [1.54, 1.807) is 19.1 Å². The molecule has 1 heterocycles. The molecule has 1 aromatic rings. The number of piperidine rings is 1. The van der Waals surface area contributed by atoms with E-state index >= 15 is 0 Å². The Bertz CT molecular complexity index is 549. The molecule has 0 spiro atoms. The van der Waals surface area contributed by atoms with Gasteiger partial charge in [0.15, 0.2) is 0 Å². The first-order chi connectivity index (χ1) is 9.44. The van der Waals surface area contributed by atoms with Crippen molar-refractivity contribution >= 4 is 15.9 Å². The number of aryl methyl sites for hydroxylation is 1. The molecule has 3 N–H and O–H groups in total. The number of para-hydroxylation sites is 1. The Balaban J connectivity index is 2.12. The third-order valence-electron chi connectivity index (χ3n) is 3.70. The maximum absolute atomic E-state index is 13.7. The van der Waals surface area contributed by atoms with Crippen LogP contribution < -0.4 is 10.5 Å². The third-order valence-corrected chi connectivity index (χ3v) is 5.21. The number of hydrogen-bond acceptors (Lipinski definition) is 3. The molecule has 0 amide bonds. The SMILES string of the molecule is Cc1cccc(F)c1NS(=O)(=O)N1CCC(CN)CC1. The van der Waals surface area contributed by atoms with Crippen LogP contribution in [0.2, 0.25) is 0 Å². The van der Waals surface area contributed by atoms with Crippen LogP contribution in [0.5, 0.6) is 0 Å². The van der Waals surface area contributed by atoms with E-state index in [4.69, 9.17) is 5.73 Å². The first-order valence-electron chi connectivity index (χ1n) is 6.67. The molecule has 112 valence electrons. The Kier molecular flexibility index (Phi) is 4.62. The Hall–Kier alpha value is -1.18. The molecule has 1 aliphatic heterocycles. The van der Waals surface area contributed by atoms with Crippen LogP contribution in [0.25, 0.3) is 0 Å². The maximum atomic E-state index is 13.7. The van der Waals surface area contributed by atoms with Gasteiger partial charge in [0.1, 0.15) is 5.82 Å². The summed E-state index contributed by atoms with van der Waals surface area (Å²) in [4.78, 5) is 0. The highest BCUT2D eigenvalue weighted by molar-refractivity contribution is 7.90. The van der Waals surface area contributed by atoms with Gasteiger partial charge in [0.05, 0.1) is 5.69 Å². The van der Waals surface area contributed by atoms with Crippen LogP contribution in [-0.2, 0) is 10.2 Å². The molecule has 0 radical (unpaired) electrons. The quantitative estimate of drug-likeness (QED) is 0.884. The van der Waals surface area contributed by atoms with Gasteiger partial charge < -0.3 is 5.73 Å². The number of nitrogens with zero attached hydrogens (tertiary/aromatic N) is 1. The van der Waals surface area contributed by atoms with Crippen molar-refractivity contribution in [2.45, 2.75) is 19.8 Å². The molecule has 0 atom stereocenters. The van der Waals surface area contributed by atoms with Crippen molar-refractivity contribution in [3.05, 3.63) is 29.6 Å². The molecule has 0 unspecified atom stereocenters. The van der Waals surface area contributed by atoms with Crippen LogP contribution in [0.4, 0.5) is 10.1 Å². The van der Waals surface area contributed by atoms with Gasteiger partial charge in [0.2, 0.25) is 0 Å². The summed E-state index contributed by atoms with van der Waals surface area (Å²) < 4.78 is 41.9. The summed E-state index contributed by atoms with van der Waals surface area (Å²) in [5.41, 5.74) is 6.17. The average Bonchev–Trinajstić information content (AvgIpc) is 2.43. The second-order valence-corrected chi connectivity index (χ2v) is 6.79. The second-order valence-electron chi connectivity index (χ2n) is 5.12. The monoisotopic (exact) mass is 301 g/mol. The van der Waals surface area contributed by atoms with Gasteiger partial charge in [-0.05, 0) is 43.9 Å². The van der Waals surface area contributed by atoms with Gasteiger partial charge in [-0.15, -0.1) is 0 Å². The highest BCUT2D eigenvalue weighted by Crippen LogP contribution is 2.23. The molecule has 0 aliphatic carbocycles. The van der Waals surface area contributed by atoms with Crippen LogP contribution >= 0.6 is 0 Å². The fourth-order valence-corrected chi connectivity index (χ4v) is 3.68. The lowest BCUT2D eigenvalue weighted by Crippen LogP contribution is -2.43. The van der Waals surface area contributed by atoms with E-state index in [2.05, 4.69) is 4.72 Å². The van der Waals surface area contributed by atoms with Crippen molar-refractivity contribution in [1.82, 2.24) is 4.31 Å². The summed E-state index contributed by atoms with van der Waals surface area (Å²) in [6.45, 7) is 3.09. The first-order valence-corrected chi connectivity index (χ1v) is 8.11. The van der Waals surface area contributed by atoms with E-state index in [1.165, 1.54) is 10.4 Å². The fourth-order valence-electron chi connectivity index (χ4n) is 2.34. The number of benzene rings is 1. The van der Waals surface area contributed by atoms with E-state index in [0.717, 1.165) is 12.8 Å². The molecule has 2 rings (SSSR count). The van der Waals surface area contributed by atoms with Crippen molar-refractivity contribution in [3.63, 3.8) is 0 Å². The minimum atomic E-state index is -3.71. The molecule has 0 bridgehead atoms. The highest BCUT2D eigenvalue weighted by Gasteiger charge is 2.28. The van der Waals surface area contributed by atoms with E-state index < -0.39 is 16.0 Å². The number of nitrogens with two attached hydrogens (primary N) is 1. The summed E-state index contributed by atoms with van der Waals surface area (Å²) in [7, 11) is -3.71. The van der Waals surface area contributed by atoms with Crippen molar-refractivity contribution < 1.29 is 12.8 Å². The summed E-state index contributed by atoms with van der Waals surface area (Å²) in [6.07, 6.45) is 1.49. The van der Waals surface area contributed by atoms with E-state index in [9.17, 15) is 12.8 Å². The van der Waals surface area contributed by atoms with Gasteiger partial charge in [-0.1, -0.05) is 12.1 Å². The first kappa shape index (κ1) is 15.2. The predicted molar refractivity (Wildman–Crippen MR) is 77.0 cm³/mol. The average molecular weight is 301 g/mol. The number of halogens is 1. The molecule has 0 saturated carbocycles. The zero-order valence-corrected chi connectivity index (χ0v) is 12.3. The third kappa shape index (κ3) is 3.28. The minimum absolute atomic E-state index is 0.0217. The standard InChI is InChI=1S/C13H20FN3O2S/c1-10-3-2-4-12(14)13(10)16-20(18,19)17-7-5-11(9-15)6-8-17/h2-4,11,16H,5-9,15H2,1H3. The van der Waals surface area contributed by atoms with Crippen molar-refractivity contribution in [1.29, 1.82) is 0 Å². The number of rotatable bonds is 4. The van der Waals surface area contributed by atoms with Gasteiger partial charge in [-0.25, -0.2) is 4.39 Å². The van der Waals surface area contributed by atoms with E-state index in [0.29, 0.717) is 31.1 Å². The Morgan fingerprint density at radius 1 is 1.40 bits per heavy atom. The Morgan fingerprint density at radius 2 is 2.05 bits per heavy atom. The van der Waals surface area contributed by atoms with Crippen LogP contribution in [-0.4, -0.2) is 32.4 Å². The molecular formula is C13H20FN3O2S. The topological polar surface area (TPSA) is 75.4 Å². The lowest BCUT2D eigenvalue weighted by molar-refractivity contribution is 0.280. The minimum Gasteiger partial charge on any atom is -0.330 e. The maximum Gasteiger partial charge on any atom is 0.301 e. The number of nitrogens with one attached hydrogen (secondary N) is 1. The van der Waals surface area contributed by atoms with Gasteiger partial charge in [-0.2, -0.15) is 12.7 Å². The van der Waals surface area contributed by atoms with Gasteiger partial charge in [-0.3, -0.25) is 4.72 Å². The van der Waals surface area contributed by atoms with E-state index in [-0.39, 0.29) is 5.69 Å². The van der Waals surface area contributed by atoms with Crippen LogP contribution in [0.1, 0.15) is 18.4 Å². The fraction of sp³-hybridized carbons (Fsp3) is 0.538. The van der Waals surface area contributed by atoms with Crippen molar-refractivity contribution in [2.24, 2.45) is 11.7 Å². The molecule has 0 aromatic heterocycles. The smallest absolute Gasteiger partial charge is 0.301 e. The molecule has 1 aliphatic rings. The molecule has 1 fully saturated rings. The largest absolute Gasteiger partial charge is 0.330 e. The lowest BCUT2D eigenvalue weighted by atomic mass is 9.99. The lowest BCUT2D eigenvalue weighted by Gasteiger charge is -2.30. The molecular weight excluding hydrogens is 281 g/mol. The predicted octanol–water partition coefficient (Wildman–Crippen LogP) is 1.46. The Morgan fingerprint density at radius 3 is 2.60 bits per heavy atom. The summed E-state index contributed by atoms with van der Waals surface area (Å²) in [5, 5.41) is 0. The van der Waals surface area contributed by atoms with Crippen molar-refractivity contribution in [2.75, 3.05) is 24.4 Å². The van der Waals surface area contributed by atoms with Gasteiger partial charge >= 0.3 is 10.2 Å². The van der Waals surface area contributed by atoms with Crippen LogP contribution in [0, 0.1) is 18.7 Å². The second kappa shape index (κ2) is 6.07. The van der Waals surface area contributed by atoms with Crippen LogP contribution in [0.3, 0.4) is 0 Å². The Labute approximate surface area is 119 Å². The zero-order valence-electron chi connectivity index (χ0n) is 11.5. The summed E-state index contributed by atoms with van der Waals surface area (Å²) in [5.74, 6) is -0.193. The number of anilines is 1. The highest BCUT2D eigenvalue weighted by atomic mass is 32.2. The van der Waals surface area contributed by atoms with Crippen molar-refractivity contribution in [3.8, 4) is 0 Å². The van der Waals surface area contributed by atoms with E-state index in [1.807, 2.05) is 0 Å². The number of hydrogen-bond donors (Lipinski definition) is 2.